The third-order valence-electron chi connectivity index (χ3n) is 3.77. The Bertz CT molecular complexity index is 645. The van der Waals surface area contributed by atoms with Gasteiger partial charge in [0.05, 0.1) is 5.69 Å². The Kier molecular flexibility index (Phi) is 5.56. The molecule has 0 radical (unpaired) electrons. The highest BCUT2D eigenvalue weighted by molar-refractivity contribution is 6.23. The van der Waals surface area contributed by atoms with Crippen molar-refractivity contribution in [2.75, 3.05) is 6.54 Å². The van der Waals surface area contributed by atoms with E-state index in [0.717, 1.165) is 19.3 Å². The number of aryl methyl sites for hydroxylation is 1. The van der Waals surface area contributed by atoms with Crippen LogP contribution in [0.1, 0.15) is 37.8 Å². The molecule has 3 N–H and O–H groups in total. The van der Waals surface area contributed by atoms with Gasteiger partial charge in [-0.3, -0.25) is 14.4 Å². The smallest absolute Gasteiger partial charge is 0.322 e. The van der Waals surface area contributed by atoms with Gasteiger partial charge in [-0.25, -0.2) is 0 Å². The molecule has 0 aliphatic carbocycles. The van der Waals surface area contributed by atoms with Gasteiger partial charge in [-0.05, 0) is 25.0 Å². The second-order valence-electron chi connectivity index (χ2n) is 5.47. The number of nitrogens with zero attached hydrogens (tertiary/aromatic N) is 1. The molecule has 0 saturated heterocycles. The Hall–Kier alpha value is -2.57. The molecule has 1 aliphatic heterocycles. The standard InChI is InChI=1S/C16H20N2O5/c19-12-7-3-1-2-4-8-18-9-5-6-11(18)15(22)14(12)16(23)17-10-13(20)21/h5-6,9,22H,1-4,7-8,10H2,(H,17,23)(H,20,21). The van der Waals surface area contributed by atoms with Crippen LogP contribution in [0.2, 0.25) is 0 Å². The summed E-state index contributed by atoms with van der Waals surface area (Å²) in [6.07, 6.45) is 5.32. The number of fused-ring (bicyclic) bond motifs is 1. The Morgan fingerprint density at radius 2 is 1.96 bits per heavy atom. The number of carboxylic acids is 1. The van der Waals surface area contributed by atoms with Crippen LogP contribution in [-0.2, 0) is 20.9 Å². The van der Waals surface area contributed by atoms with E-state index in [9.17, 15) is 19.5 Å². The van der Waals surface area contributed by atoms with Crippen LogP contribution in [0.3, 0.4) is 0 Å². The average Bonchev–Trinajstić information content (AvgIpc) is 2.96. The first-order valence-electron chi connectivity index (χ1n) is 7.62. The maximum Gasteiger partial charge on any atom is 0.322 e. The first kappa shape index (κ1) is 16.8. The molecule has 0 saturated carbocycles. The maximum absolute atomic E-state index is 12.3. The highest BCUT2D eigenvalue weighted by Crippen LogP contribution is 2.22. The number of carbonyl (C=O) groups excluding carboxylic acids is 2. The summed E-state index contributed by atoms with van der Waals surface area (Å²) >= 11 is 0. The normalized spacial score (nSPS) is 16.4. The molecular weight excluding hydrogens is 300 g/mol. The molecule has 0 unspecified atom stereocenters. The minimum absolute atomic E-state index is 0.153. The lowest BCUT2D eigenvalue weighted by molar-refractivity contribution is -0.137. The van der Waals surface area contributed by atoms with Crippen LogP contribution in [0, 0.1) is 0 Å². The van der Waals surface area contributed by atoms with E-state index in [1.54, 1.807) is 22.9 Å². The van der Waals surface area contributed by atoms with Crippen LogP contribution in [0.15, 0.2) is 23.9 Å². The average molecular weight is 320 g/mol. The SMILES string of the molecule is O=C(O)CNC(=O)C1=C(O)c2cccn2CCCCCCC1=O. The number of carbonyl (C=O) groups is 3. The van der Waals surface area contributed by atoms with Crippen molar-refractivity contribution in [1.29, 1.82) is 0 Å². The van der Waals surface area contributed by atoms with E-state index in [4.69, 9.17) is 5.11 Å². The lowest BCUT2D eigenvalue weighted by atomic mass is 10.0. The van der Waals surface area contributed by atoms with E-state index < -0.39 is 30.0 Å². The van der Waals surface area contributed by atoms with Gasteiger partial charge in [-0.2, -0.15) is 0 Å². The van der Waals surface area contributed by atoms with Gasteiger partial charge in [-0.1, -0.05) is 12.8 Å². The van der Waals surface area contributed by atoms with Crippen LogP contribution in [0.25, 0.3) is 5.76 Å². The van der Waals surface area contributed by atoms with Gasteiger partial charge in [0.25, 0.3) is 5.91 Å². The summed E-state index contributed by atoms with van der Waals surface area (Å²) in [5.41, 5.74) is 0.0221. The summed E-state index contributed by atoms with van der Waals surface area (Å²) in [4.78, 5) is 35.1. The molecular formula is C16H20N2O5. The van der Waals surface area contributed by atoms with Crippen molar-refractivity contribution in [2.24, 2.45) is 0 Å². The number of rotatable bonds is 3. The number of aliphatic carboxylic acids is 1. The number of hydrogen-bond donors (Lipinski definition) is 3. The maximum atomic E-state index is 12.3. The van der Waals surface area contributed by atoms with E-state index in [1.165, 1.54) is 0 Å². The molecule has 0 spiro atoms. The lowest BCUT2D eigenvalue weighted by Gasteiger charge is -2.12. The summed E-state index contributed by atoms with van der Waals surface area (Å²) in [6.45, 7) is 0.0779. The largest absolute Gasteiger partial charge is 0.505 e. The number of nitrogens with one attached hydrogen (secondary N) is 1. The first-order chi connectivity index (χ1) is 11.0. The summed E-state index contributed by atoms with van der Waals surface area (Å²) in [5.74, 6) is -2.95. The number of carboxylic acid groups (broad SMARTS) is 1. The molecule has 2 heterocycles. The third-order valence-corrected chi connectivity index (χ3v) is 3.77. The molecule has 2 rings (SSSR count). The van der Waals surface area contributed by atoms with Crippen molar-refractivity contribution in [1.82, 2.24) is 9.88 Å². The van der Waals surface area contributed by atoms with Gasteiger partial charge >= 0.3 is 5.97 Å². The highest BCUT2D eigenvalue weighted by atomic mass is 16.4. The predicted molar refractivity (Wildman–Crippen MR) is 82.7 cm³/mol. The fraction of sp³-hybridized carbons (Fsp3) is 0.438. The van der Waals surface area contributed by atoms with Crippen LogP contribution in [0.4, 0.5) is 0 Å². The van der Waals surface area contributed by atoms with E-state index in [0.29, 0.717) is 18.7 Å². The summed E-state index contributed by atoms with van der Waals surface area (Å²) in [5, 5.41) is 21.3. The Morgan fingerprint density at radius 1 is 1.22 bits per heavy atom. The van der Waals surface area contributed by atoms with Crippen LogP contribution in [0.5, 0.6) is 0 Å². The number of amides is 1. The molecule has 0 atom stereocenters. The number of hydrogen-bond acceptors (Lipinski definition) is 4. The van der Waals surface area contributed by atoms with Gasteiger partial charge in [0, 0.05) is 19.2 Å². The Labute approximate surface area is 133 Å². The van der Waals surface area contributed by atoms with Crippen LogP contribution < -0.4 is 5.32 Å². The topological polar surface area (TPSA) is 109 Å². The lowest BCUT2D eigenvalue weighted by Crippen LogP contribution is -2.33. The van der Waals surface area contributed by atoms with Crippen molar-refractivity contribution in [2.45, 2.75) is 38.6 Å². The number of Topliss-reactive ketones (excluding diaryl/α,β-unsaturated/α-hetero) is 1. The fourth-order valence-corrected chi connectivity index (χ4v) is 2.61. The van der Waals surface area contributed by atoms with Crippen molar-refractivity contribution in [3.63, 3.8) is 0 Å². The zero-order valence-corrected chi connectivity index (χ0v) is 12.7. The van der Waals surface area contributed by atoms with E-state index >= 15 is 0 Å². The number of aliphatic hydroxyl groups excluding tert-OH is 1. The Balaban J connectivity index is 2.40. The van der Waals surface area contributed by atoms with Crippen molar-refractivity contribution < 1.29 is 24.6 Å². The number of aromatic nitrogens is 1. The van der Waals surface area contributed by atoms with E-state index in [-0.39, 0.29) is 12.0 Å². The molecule has 1 aromatic heterocycles. The molecule has 7 heteroatoms. The van der Waals surface area contributed by atoms with Gasteiger partial charge in [0.1, 0.15) is 12.1 Å². The molecule has 7 nitrogen and oxygen atoms in total. The van der Waals surface area contributed by atoms with Crippen LogP contribution >= 0.6 is 0 Å². The van der Waals surface area contributed by atoms with Crippen LogP contribution in [-0.4, -0.2) is 39.0 Å². The second-order valence-corrected chi connectivity index (χ2v) is 5.47. The van der Waals surface area contributed by atoms with Crippen molar-refractivity contribution >= 4 is 23.4 Å². The van der Waals surface area contributed by atoms with Gasteiger partial charge in [-0.15, -0.1) is 0 Å². The summed E-state index contributed by atoms with van der Waals surface area (Å²) < 4.78 is 1.79. The molecule has 1 amide bonds. The summed E-state index contributed by atoms with van der Waals surface area (Å²) in [6, 6.07) is 3.36. The van der Waals surface area contributed by atoms with Gasteiger partial charge in [0.2, 0.25) is 0 Å². The Morgan fingerprint density at radius 3 is 2.70 bits per heavy atom. The predicted octanol–water partition coefficient (Wildman–Crippen LogP) is 1.49. The molecule has 1 aliphatic rings. The molecule has 0 bridgehead atoms. The third kappa shape index (κ3) is 4.21. The molecule has 23 heavy (non-hydrogen) atoms. The number of aliphatic hydroxyl groups is 1. The monoisotopic (exact) mass is 320 g/mol. The number of ketones is 1. The van der Waals surface area contributed by atoms with Crippen molar-refractivity contribution in [3.05, 3.63) is 29.6 Å². The zero-order valence-electron chi connectivity index (χ0n) is 12.7. The van der Waals surface area contributed by atoms with E-state index in [2.05, 4.69) is 5.32 Å². The summed E-state index contributed by atoms with van der Waals surface area (Å²) in [7, 11) is 0. The first-order valence-corrected chi connectivity index (χ1v) is 7.62. The second kappa shape index (κ2) is 7.62. The molecule has 0 aromatic carbocycles. The molecule has 0 fully saturated rings. The highest BCUT2D eigenvalue weighted by Gasteiger charge is 2.25. The fourth-order valence-electron chi connectivity index (χ4n) is 2.61. The van der Waals surface area contributed by atoms with Gasteiger partial charge < -0.3 is 20.1 Å². The van der Waals surface area contributed by atoms with Crippen molar-refractivity contribution in [3.8, 4) is 0 Å². The van der Waals surface area contributed by atoms with E-state index in [1.807, 2.05) is 0 Å². The molecule has 1 aromatic rings. The zero-order chi connectivity index (χ0) is 16.8. The molecule has 124 valence electrons. The minimum atomic E-state index is -1.22. The minimum Gasteiger partial charge on any atom is -0.505 e. The van der Waals surface area contributed by atoms with Gasteiger partial charge in [0.15, 0.2) is 11.5 Å². The quantitative estimate of drug-likeness (QED) is 0.731.